The van der Waals surface area contributed by atoms with Crippen LogP contribution in [0.5, 0.6) is 5.88 Å². The number of hydrogen-bond acceptors (Lipinski definition) is 6. The highest BCUT2D eigenvalue weighted by molar-refractivity contribution is 6.05. The van der Waals surface area contributed by atoms with E-state index in [1.165, 1.54) is 47.0 Å². The number of amides is 2. The second-order valence-corrected chi connectivity index (χ2v) is 9.96. The number of ether oxygens (including phenoxy) is 1. The van der Waals surface area contributed by atoms with Crippen molar-refractivity contribution in [2.75, 3.05) is 25.0 Å². The van der Waals surface area contributed by atoms with Crippen LogP contribution in [0, 0.1) is 11.3 Å². The number of likely N-dealkylation sites (tertiary alicyclic amines) is 1. The van der Waals surface area contributed by atoms with Crippen LogP contribution < -0.4 is 15.6 Å². The zero-order chi connectivity index (χ0) is 30.2. The molecule has 0 atom stereocenters. The van der Waals surface area contributed by atoms with E-state index in [2.05, 4.69) is 16.9 Å². The van der Waals surface area contributed by atoms with E-state index in [9.17, 15) is 37.2 Å². The number of rotatable bonds is 9. The van der Waals surface area contributed by atoms with Crippen molar-refractivity contribution in [1.29, 1.82) is 5.26 Å². The molecule has 2 fully saturated rings. The van der Waals surface area contributed by atoms with Crippen LogP contribution in [0.4, 0.5) is 23.4 Å². The highest BCUT2D eigenvalue weighted by Gasteiger charge is 2.46. The van der Waals surface area contributed by atoms with Crippen LogP contribution in [0.1, 0.15) is 50.7 Å². The van der Waals surface area contributed by atoms with Gasteiger partial charge in [0, 0.05) is 23.9 Å². The number of carbonyl (C=O) groups excluding carboxylic acids is 2. The Kier molecular flexibility index (Phi) is 7.55. The fourth-order valence-electron chi connectivity index (χ4n) is 4.52. The van der Waals surface area contributed by atoms with E-state index in [4.69, 9.17) is 4.74 Å². The van der Waals surface area contributed by atoms with Crippen LogP contribution in [-0.2, 0) is 0 Å². The molecule has 1 saturated heterocycles. The molecule has 1 aromatic carbocycles. The van der Waals surface area contributed by atoms with Gasteiger partial charge in [0.25, 0.3) is 29.7 Å². The molecule has 216 valence electrons. The predicted molar refractivity (Wildman–Crippen MR) is 144 cm³/mol. The lowest BCUT2D eigenvalue weighted by Crippen LogP contribution is -2.58. The van der Waals surface area contributed by atoms with Crippen molar-refractivity contribution >= 4 is 23.7 Å². The zero-order valence-corrected chi connectivity index (χ0v) is 21.9. The summed E-state index contributed by atoms with van der Waals surface area (Å²) in [4.78, 5) is 44.4. The molecule has 42 heavy (non-hydrogen) atoms. The van der Waals surface area contributed by atoms with Gasteiger partial charge < -0.3 is 19.5 Å². The van der Waals surface area contributed by atoms with Gasteiger partial charge in [0.2, 0.25) is 5.88 Å². The fraction of sp³-hybridized carbons (Fsp3) is 0.276. The molecule has 5 rings (SSSR count). The molecule has 0 radical (unpaired) electrons. The minimum atomic E-state index is -3.03. The first-order valence-electron chi connectivity index (χ1n) is 12.8. The number of alkyl halides is 4. The molecule has 2 aliphatic rings. The van der Waals surface area contributed by atoms with Gasteiger partial charge >= 0.3 is 0 Å². The summed E-state index contributed by atoms with van der Waals surface area (Å²) < 4.78 is 59.4. The van der Waals surface area contributed by atoms with Gasteiger partial charge in [-0.3, -0.25) is 14.4 Å². The average Bonchev–Trinajstić information content (AvgIpc) is 3.79. The smallest absolute Gasteiger partial charge is 0.282 e. The molecule has 3 aromatic rings. The summed E-state index contributed by atoms with van der Waals surface area (Å²) in [6, 6.07) is 9.78. The largest absolute Gasteiger partial charge is 0.472 e. The first kappa shape index (κ1) is 28.5. The van der Waals surface area contributed by atoms with Crippen LogP contribution in [0.15, 0.2) is 54.0 Å². The van der Waals surface area contributed by atoms with Crippen LogP contribution in [0.3, 0.4) is 0 Å². The molecule has 2 amide bonds. The standard InChI is InChI=1S/C29H23F4N5O4/c1-2-16-7-22(28(41)38(12-16)19-4-5-19)26(39)36-24-9-18(10-25(35-24)42-13-23(30)31)20-6-3-17(11-34)8-21(20)27(40)37-14-29(32,33)15-37/h2-3,6-10,12,19,23H,1,4-5,13-15H2,(H,35,36,39). The third-order valence-corrected chi connectivity index (χ3v) is 6.71. The molecule has 13 heteroatoms. The quantitative estimate of drug-likeness (QED) is 0.365. The number of nitrogens with zero attached hydrogens (tertiary/aromatic N) is 4. The molecule has 1 saturated carbocycles. The maximum Gasteiger partial charge on any atom is 0.282 e. The van der Waals surface area contributed by atoms with E-state index >= 15 is 0 Å². The third-order valence-electron chi connectivity index (χ3n) is 6.71. The second-order valence-electron chi connectivity index (χ2n) is 9.96. The number of halogens is 4. The van der Waals surface area contributed by atoms with Gasteiger partial charge in [0.1, 0.15) is 11.4 Å². The summed E-state index contributed by atoms with van der Waals surface area (Å²) >= 11 is 0. The van der Waals surface area contributed by atoms with Gasteiger partial charge in [-0.05, 0) is 53.8 Å². The lowest BCUT2D eigenvalue weighted by atomic mass is 9.96. The molecule has 0 spiro atoms. The first-order chi connectivity index (χ1) is 20.0. The summed E-state index contributed by atoms with van der Waals surface area (Å²) in [5, 5.41) is 11.8. The van der Waals surface area contributed by atoms with Gasteiger partial charge in [-0.15, -0.1) is 0 Å². The molecule has 1 aliphatic carbocycles. The second kappa shape index (κ2) is 11.1. The lowest BCUT2D eigenvalue weighted by molar-refractivity contribution is -0.113. The molecule has 1 N–H and O–H groups in total. The van der Waals surface area contributed by atoms with E-state index in [1.54, 1.807) is 6.20 Å². The Hall–Kier alpha value is -4.99. The number of nitriles is 1. The van der Waals surface area contributed by atoms with Crippen molar-refractivity contribution in [2.45, 2.75) is 31.2 Å². The number of hydrogen-bond donors (Lipinski definition) is 1. The average molecular weight is 582 g/mol. The number of carbonyl (C=O) groups is 2. The van der Waals surface area contributed by atoms with Crippen LogP contribution in [-0.4, -0.2) is 58.3 Å². The van der Waals surface area contributed by atoms with Crippen molar-refractivity contribution in [3.8, 4) is 23.1 Å². The lowest BCUT2D eigenvalue weighted by Gasteiger charge is -2.39. The Morgan fingerprint density at radius 1 is 1.19 bits per heavy atom. The van der Waals surface area contributed by atoms with Gasteiger partial charge in [-0.1, -0.05) is 18.7 Å². The highest BCUT2D eigenvalue weighted by atomic mass is 19.3. The number of anilines is 1. The van der Waals surface area contributed by atoms with Crippen LogP contribution in [0.25, 0.3) is 17.2 Å². The van der Waals surface area contributed by atoms with E-state index in [1.807, 2.05) is 6.07 Å². The zero-order valence-electron chi connectivity index (χ0n) is 21.9. The maximum atomic E-state index is 13.5. The molecule has 0 unspecified atom stereocenters. The number of pyridine rings is 2. The molecule has 1 aliphatic heterocycles. The van der Waals surface area contributed by atoms with Gasteiger partial charge in [-0.2, -0.15) is 10.2 Å². The van der Waals surface area contributed by atoms with E-state index in [-0.39, 0.29) is 45.6 Å². The van der Waals surface area contributed by atoms with Crippen molar-refractivity contribution in [2.24, 2.45) is 0 Å². The minimum absolute atomic E-state index is 0.0292. The molecule has 3 heterocycles. The summed E-state index contributed by atoms with van der Waals surface area (Å²) in [6.45, 7) is 1.06. The third kappa shape index (κ3) is 6.02. The van der Waals surface area contributed by atoms with E-state index in [0.29, 0.717) is 5.56 Å². The molecule has 9 nitrogen and oxygen atoms in total. The number of aromatic nitrogens is 2. The van der Waals surface area contributed by atoms with Gasteiger partial charge in [0.15, 0.2) is 6.61 Å². The van der Waals surface area contributed by atoms with Crippen LogP contribution in [0.2, 0.25) is 0 Å². The summed E-state index contributed by atoms with van der Waals surface area (Å²) in [5.41, 5.74) is 0.0936. The molecular weight excluding hydrogens is 558 g/mol. The monoisotopic (exact) mass is 581 g/mol. The summed E-state index contributed by atoms with van der Waals surface area (Å²) in [6.07, 6.45) is 1.82. The molecule has 0 bridgehead atoms. The molecule has 2 aromatic heterocycles. The minimum Gasteiger partial charge on any atom is -0.472 e. The van der Waals surface area contributed by atoms with E-state index in [0.717, 1.165) is 17.7 Å². The Labute approximate surface area is 236 Å². The maximum absolute atomic E-state index is 13.5. The number of nitrogens with one attached hydrogen (secondary N) is 1. The normalized spacial score (nSPS) is 15.5. The Balaban J connectivity index is 1.54. The summed E-state index contributed by atoms with van der Waals surface area (Å²) in [5.74, 6) is -5.17. The van der Waals surface area contributed by atoms with Crippen LogP contribution >= 0.6 is 0 Å². The first-order valence-corrected chi connectivity index (χ1v) is 12.8. The molecular formula is C29H23F4N5O4. The highest BCUT2D eigenvalue weighted by Crippen LogP contribution is 2.35. The topological polar surface area (TPSA) is 117 Å². The number of benzene rings is 1. The SMILES string of the molecule is C=Cc1cc(C(=O)Nc2cc(-c3ccc(C#N)cc3C(=O)N3CC(F)(F)C3)cc(OCC(F)F)n2)c(=O)n(C2CC2)c1. The Bertz CT molecular complexity index is 1690. The van der Waals surface area contributed by atoms with Crippen molar-refractivity contribution in [3.05, 3.63) is 81.8 Å². The van der Waals surface area contributed by atoms with Gasteiger partial charge in [0.05, 0.1) is 24.7 Å². The Morgan fingerprint density at radius 3 is 2.55 bits per heavy atom. The predicted octanol–water partition coefficient (Wildman–Crippen LogP) is 4.75. The fourth-order valence-corrected chi connectivity index (χ4v) is 4.52. The summed E-state index contributed by atoms with van der Waals surface area (Å²) in [7, 11) is 0. The van der Waals surface area contributed by atoms with Gasteiger partial charge in [-0.25, -0.2) is 17.6 Å². The van der Waals surface area contributed by atoms with Crippen molar-refractivity contribution < 1.29 is 31.9 Å². The Morgan fingerprint density at radius 2 is 1.93 bits per heavy atom. The van der Waals surface area contributed by atoms with Crippen molar-refractivity contribution in [3.63, 3.8) is 0 Å². The van der Waals surface area contributed by atoms with Crippen molar-refractivity contribution in [1.82, 2.24) is 14.5 Å². The van der Waals surface area contributed by atoms with E-state index < -0.39 is 49.4 Å².